The van der Waals surface area contributed by atoms with E-state index in [9.17, 15) is 5.26 Å². The normalized spacial score (nSPS) is 16.1. The van der Waals surface area contributed by atoms with Crippen molar-refractivity contribution in [1.82, 2.24) is 0 Å². The quantitative estimate of drug-likeness (QED) is 0.615. The second-order valence-electron chi connectivity index (χ2n) is 4.58. The summed E-state index contributed by atoms with van der Waals surface area (Å²) in [5.74, 6) is 0. The fourth-order valence-electron chi connectivity index (χ4n) is 2.54. The van der Waals surface area contributed by atoms with Crippen LogP contribution in [-0.2, 0) is 6.54 Å². The third-order valence-electron chi connectivity index (χ3n) is 3.48. The molecular weight excluding hydrogens is 266 g/mol. The molecular formula is C16H11N3S. The largest absolute Gasteiger partial charge is 0.348 e. The summed E-state index contributed by atoms with van der Waals surface area (Å²) in [6.45, 7) is 0.754. The fourth-order valence-corrected chi connectivity index (χ4v) is 2.64. The molecule has 3 nitrogen and oxygen atoms in total. The second kappa shape index (κ2) is 5.26. The Morgan fingerprint density at radius 1 is 1.15 bits per heavy atom. The minimum absolute atomic E-state index is 0.230. The number of hydrogen-bond donors (Lipinski definition) is 0. The van der Waals surface area contributed by atoms with E-state index in [1.165, 1.54) is 5.56 Å². The number of aliphatic imine (C=N–C) groups is 1. The summed E-state index contributed by atoms with van der Waals surface area (Å²) in [5, 5.41) is 11.8. The third-order valence-corrected chi connectivity index (χ3v) is 3.57. The lowest BCUT2D eigenvalue weighted by atomic mass is 10.1. The summed E-state index contributed by atoms with van der Waals surface area (Å²) in [6.07, 6.45) is 0. The van der Waals surface area contributed by atoms with Crippen LogP contribution in [-0.4, -0.2) is 5.16 Å². The zero-order chi connectivity index (χ0) is 13.9. The van der Waals surface area contributed by atoms with E-state index in [1.807, 2.05) is 42.5 Å². The van der Waals surface area contributed by atoms with E-state index in [4.69, 9.17) is 0 Å². The highest BCUT2D eigenvalue weighted by atomic mass is 32.1. The summed E-state index contributed by atoms with van der Waals surface area (Å²) in [5.41, 5.74) is 4.08. The third kappa shape index (κ3) is 2.10. The van der Waals surface area contributed by atoms with E-state index in [0.29, 0.717) is 0 Å². The van der Waals surface area contributed by atoms with Crippen molar-refractivity contribution in [2.24, 2.45) is 4.99 Å². The Hall–Kier alpha value is -2.47. The molecule has 0 spiro atoms. The summed E-state index contributed by atoms with van der Waals surface area (Å²) < 4.78 is 0. The van der Waals surface area contributed by atoms with Gasteiger partial charge in [0.2, 0.25) is 0 Å². The lowest BCUT2D eigenvalue weighted by Gasteiger charge is -2.22. The van der Waals surface area contributed by atoms with E-state index >= 15 is 0 Å². The molecule has 0 radical (unpaired) electrons. The Balaban J connectivity index is 1.96. The van der Waals surface area contributed by atoms with Crippen molar-refractivity contribution >= 4 is 28.8 Å². The van der Waals surface area contributed by atoms with Crippen molar-refractivity contribution in [3.05, 3.63) is 59.7 Å². The van der Waals surface area contributed by atoms with E-state index in [2.05, 4.69) is 39.4 Å². The monoisotopic (exact) mass is 277 g/mol. The molecule has 3 rings (SSSR count). The molecule has 96 valence electrons. The van der Waals surface area contributed by atoms with Gasteiger partial charge in [-0.25, -0.2) is 0 Å². The van der Waals surface area contributed by atoms with Crippen LogP contribution in [0.25, 0.3) is 0 Å². The van der Waals surface area contributed by atoms with E-state index in [-0.39, 0.29) is 6.04 Å². The first-order valence-corrected chi connectivity index (χ1v) is 6.66. The highest BCUT2D eigenvalue weighted by Crippen LogP contribution is 2.37. The molecule has 20 heavy (non-hydrogen) atoms. The van der Waals surface area contributed by atoms with Gasteiger partial charge in [0.1, 0.15) is 6.04 Å². The Kier molecular flexibility index (Phi) is 3.30. The minimum atomic E-state index is -0.230. The number of rotatable bonds is 2. The predicted molar refractivity (Wildman–Crippen MR) is 82.1 cm³/mol. The van der Waals surface area contributed by atoms with Gasteiger partial charge in [-0.2, -0.15) is 10.3 Å². The fraction of sp³-hybridized carbons (Fsp3) is 0.125. The zero-order valence-electron chi connectivity index (χ0n) is 10.7. The summed E-state index contributed by atoms with van der Waals surface area (Å²) >= 11 is 4.59. The van der Waals surface area contributed by atoms with Gasteiger partial charge in [-0.3, -0.25) is 0 Å². The van der Waals surface area contributed by atoms with Crippen molar-refractivity contribution in [1.29, 1.82) is 5.26 Å². The first-order valence-electron chi connectivity index (χ1n) is 6.25. The maximum Gasteiger partial charge on any atom is 0.143 e. The molecule has 1 heterocycles. The molecule has 0 N–H and O–H groups in total. The van der Waals surface area contributed by atoms with Gasteiger partial charge in [0.25, 0.3) is 0 Å². The molecule has 0 saturated carbocycles. The number of isothiocyanates is 1. The van der Waals surface area contributed by atoms with Crippen LogP contribution in [0.15, 0.2) is 53.5 Å². The summed E-state index contributed by atoms with van der Waals surface area (Å²) in [6, 6.07) is 17.9. The Morgan fingerprint density at radius 2 is 1.90 bits per heavy atom. The predicted octanol–water partition coefficient (Wildman–Crippen LogP) is 4.01. The van der Waals surface area contributed by atoms with Gasteiger partial charge in [-0.1, -0.05) is 24.3 Å². The van der Waals surface area contributed by atoms with Crippen LogP contribution < -0.4 is 4.90 Å². The lowest BCUT2D eigenvalue weighted by molar-refractivity contribution is 0.804. The smallest absolute Gasteiger partial charge is 0.143 e. The maximum atomic E-state index is 9.45. The molecule has 0 aromatic heterocycles. The standard InChI is InChI=1S/C16H11N3S/c17-9-16-15-4-2-1-3-12(15)10-19(16)14-7-5-13(6-8-14)18-11-20/h1-8,16H,10H2. The molecule has 0 amide bonds. The molecule has 0 fully saturated rings. The Labute approximate surface area is 122 Å². The van der Waals surface area contributed by atoms with Crippen LogP contribution in [0.1, 0.15) is 17.2 Å². The summed E-state index contributed by atoms with van der Waals surface area (Å²) in [4.78, 5) is 6.03. The highest BCUT2D eigenvalue weighted by Gasteiger charge is 2.29. The van der Waals surface area contributed by atoms with Crippen molar-refractivity contribution in [2.75, 3.05) is 4.90 Å². The van der Waals surface area contributed by atoms with Crippen LogP contribution in [0, 0.1) is 11.3 Å². The second-order valence-corrected chi connectivity index (χ2v) is 4.76. The maximum absolute atomic E-state index is 9.45. The number of nitrogens with zero attached hydrogens (tertiary/aromatic N) is 3. The highest BCUT2D eigenvalue weighted by molar-refractivity contribution is 7.78. The van der Waals surface area contributed by atoms with Gasteiger partial charge in [-0.15, -0.1) is 0 Å². The first kappa shape index (κ1) is 12.6. The van der Waals surface area contributed by atoms with Gasteiger partial charge in [-0.05, 0) is 47.6 Å². The molecule has 0 bridgehead atoms. The average molecular weight is 277 g/mol. The number of fused-ring (bicyclic) bond motifs is 1. The number of nitriles is 1. The summed E-state index contributed by atoms with van der Waals surface area (Å²) in [7, 11) is 0. The number of thiocarbonyl (C=S) groups is 1. The Morgan fingerprint density at radius 3 is 2.60 bits per heavy atom. The minimum Gasteiger partial charge on any atom is -0.348 e. The van der Waals surface area contributed by atoms with Gasteiger partial charge >= 0.3 is 0 Å². The topological polar surface area (TPSA) is 39.4 Å². The zero-order valence-corrected chi connectivity index (χ0v) is 11.5. The molecule has 2 aromatic rings. The van der Waals surface area contributed by atoms with E-state index < -0.39 is 0 Å². The molecule has 2 aromatic carbocycles. The van der Waals surface area contributed by atoms with E-state index in [0.717, 1.165) is 23.5 Å². The molecule has 1 unspecified atom stereocenters. The van der Waals surface area contributed by atoms with Crippen molar-refractivity contribution in [3.8, 4) is 6.07 Å². The van der Waals surface area contributed by atoms with Gasteiger partial charge in [0, 0.05) is 12.2 Å². The molecule has 1 atom stereocenters. The van der Waals surface area contributed by atoms with Gasteiger partial charge in [0.15, 0.2) is 0 Å². The number of anilines is 1. The van der Waals surface area contributed by atoms with Gasteiger partial charge in [0.05, 0.1) is 16.9 Å². The number of hydrogen-bond acceptors (Lipinski definition) is 4. The van der Waals surface area contributed by atoms with Crippen molar-refractivity contribution in [3.63, 3.8) is 0 Å². The average Bonchev–Trinajstić information content (AvgIpc) is 2.87. The molecule has 1 aliphatic heterocycles. The van der Waals surface area contributed by atoms with Crippen molar-refractivity contribution in [2.45, 2.75) is 12.6 Å². The van der Waals surface area contributed by atoms with Crippen LogP contribution in [0.2, 0.25) is 0 Å². The van der Waals surface area contributed by atoms with Gasteiger partial charge < -0.3 is 4.90 Å². The lowest BCUT2D eigenvalue weighted by Crippen LogP contribution is -2.19. The molecule has 1 aliphatic rings. The van der Waals surface area contributed by atoms with Crippen LogP contribution in [0.5, 0.6) is 0 Å². The molecule has 4 heteroatoms. The number of benzene rings is 2. The molecule has 0 aliphatic carbocycles. The first-order chi connectivity index (χ1) is 9.83. The van der Waals surface area contributed by atoms with Crippen LogP contribution in [0.4, 0.5) is 11.4 Å². The van der Waals surface area contributed by atoms with Crippen LogP contribution in [0.3, 0.4) is 0 Å². The Bertz CT molecular complexity index is 724. The van der Waals surface area contributed by atoms with Crippen molar-refractivity contribution < 1.29 is 0 Å². The molecule has 0 saturated heterocycles. The van der Waals surface area contributed by atoms with Crippen LogP contribution >= 0.6 is 12.2 Å². The SMILES string of the molecule is N#CC1c2ccccc2CN1c1ccc(N=C=S)cc1. The van der Waals surface area contributed by atoms with E-state index in [1.54, 1.807) is 0 Å².